The molecule has 1 aromatic carbocycles. The number of allylic oxidation sites excluding steroid dienone is 1. The number of carbonyl (C=O) groups is 4. The first kappa shape index (κ1) is 29.7. The number of halogens is 3. The summed E-state index contributed by atoms with van der Waals surface area (Å²) in [4.78, 5) is 52.2. The first-order chi connectivity index (χ1) is 18.0. The van der Waals surface area contributed by atoms with Crippen LogP contribution in [0.25, 0.3) is 11.3 Å². The highest BCUT2D eigenvalue weighted by Gasteiger charge is 2.34. The lowest BCUT2D eigenvalue weighted by Crippen LogP contribution is -2.47. The molecule has 1 heterocycles. The molecule has 0 atom stereocenters. The molecule has 38 heavy (non-hydrogen) atoms. The van der Waals surface area contributed by atoms with Gasteiger partial charge in [-0.3, -0.25) is 19.8 Å². The number of nitrogens with zero attached hydrogens (tertiary/aromatic N) is 1. The first-order valence-electron chi connectivity index (χ1n) is 11.6. The van der Waals surface area contributed by atoms with Gasteiger partial charge in [-0.1, -0.05) is 24.3 Å². The summed E-state index contributed by atoms with van der Waals surface area (Å²) in [6.07, 6.45) is 2.13. The third-order valence-electron chi connectivity index (χ3n) is 5.09. The molecule has 9 nitrogen and oxygen atoms in total. The second kappa shape index (κ2) is 13.7. The van der Waals surface area contributed by atoms with Gasteiger partial charge in [0.2, 0.25) is 11.8 Å². The van der Waals surface area contributed by atoms with Crippen LogP contribution in [0.15, 0.2) is 48.2 Å². The van der Waals surface area contributed by atoms with Crippen molar-refractivity contribution in [3.63, 3.8) is 0 Å². The number of hydrogen-bond donors (Lipinski definition) is 3. The predicted octanol–water partition coefficient (Wildman–Crippen LogP) is 3.69. The first-order valence-corrected chi connectivity index (χ1v) is 11.6. The highest BCUT2D eigenvalue weighted by molar-refractivity contribution is 5.98. The van der Waals surface area contributed by atoms with Crippen molar-refractivity contribution < 1.29 is 37.1 Å². The Labute approximate surface area is 217 Å². The maximum atomic E-state index is 13.4. The summed E-state index contributed by atoms with van der Waals surface area (Å²) in [5, 5.41) is 0.687. The van der Waals surface area contributed by atoms with Crippen molar-refractivity contribution in [2.45, 2.75) is 45.2 Å². The molecule has 1 aromatic heterocycles. The fourth-order valence-corrected chi connectivity index (χ4v) is 3.35. The average Bonchev–Trinajstić information content (AvgIpc) is 3.36. The van der Waals surface area contributed by atoms with Gasteiger partial charge in [0.25, 0.3) is 5.91 Å². The molecule has 0 bridgehead atoms. The van der Waals surface area contributed by atoms with Gasteiger partial charge in [0.1, 0.15) is 11.4 Å². The number of esters is 1. The highest BCUT2D eigenvalue weighted by atomic mass is 19.4. The van der Waals surface area contributed by atoms with E-state index in [9.17, 15) is 32.3 Å². The van der Waals surface area contributed by atoms with Crippen molar-refractivity contribution in [1.29, 1.82) is 0 Å². The van der Waals surface area contributed by atoms with Crippen molar-refractivity contribution in [2.24, 2.45) is 5.73 Å². The van der Waals surface area contributed by atoms with E-state index in [1.165, 1.54) is 36.4 Å². The van der Waals surface area contributed by atoms with E-state index in [1.807, 2.05) is 0 Å². The van der Waals surface area contributed by atoms with Gasteiger partial charge < -0.3 is 15.5 Å². The van der Waals surface area contributed by atoms with Crippen LogP contribution in [0.3, 0.4) is 0 Å². The average molecular weight is 533 g/mol. The summed E-state index contributed by atoms with van der Waals surface area (Å²) in [6, 6.07) is 7.36. The van der Waals surface area contributed by atoms with Crippen molar-refractivity contribution in [1.82, 2.24) is 15.4 Å². The van der Waals surface area contributed by atoms with E-state index in [1.54, 1.807) is 6.92 Å². The minimum Gasteiger partial charge on any atom is -0.461 e. The summed E-state index contributed by atoms with van der Waals surface area (Å²) in [5.41, 5.74) is 5.87. The normalized spacial score (nSPS) is 11.4. The van der Waals surface area contributed by atoms with E-state index in [0.717, 1.165) is 6.07 Å². The number of ether oxygens (including phenoxy) is 1. The fourth-order valence-electron chi connectivity index (χ4n) is 3.35. The number of nitrogens with two attached hydrogens (primary N) is 1. The van der Waals surface area contributed by atoms with Gasteiger partial charge >= 0.3 is 12.1 Å². The molecule has 4 N–H and O–H groups in total. The molecule has 0 saturated heterocycles. The molecular weight excluding hydrogens is 505 g/mol. The second-order valence-electron chi connectivity index (χ2n) is 7.87. The van der Waals surface area contributed by atoms with Crippen molar-refractivity contribution in [3.8, 4) is 23.6 Å². The molecule has 0 radical (unpaired) electrons. The number of carbonyl (C=O) groups excluding carboxylic acids is 4. The largest absolute Gasteiger partial charge is 0.461 e. The van der Waals surface area contributed by atoms with Crippen LogP contribution in [-0.2, 0) is 25.3 Å². The monoisotopic (exact) mass is 532 g/mol. The van der Waals surface area contributed by atoms with Gasteiger partial charge in [-0.2, -0.15) is 13.2 Å². The van der Waals surface area contributed by atoms with E-state index in [2.05, 4.69) is 16.3 Å². The number of amides is 3. The van der Waals surface area contributed by atoms with Crippen LogP contribution in [0.1, 0.15) is 55.1 Å². The van der Waals surface area contributed by atoms with Crippen molar-refractivity contribution >= 4 is 23.7 Å². The molecular formula is C26H27F3N4O5. The topological polar surface area (TPSA) is 135 Å². The number of aromatic amines is 1. The number of rotatable bonds is 11. The van der Waals surface area contributed by atoms with E-state index in [0.29, 0.717) is 5.01 Å². The minimum atomic E-state index is -4.63. The smallest absolute Gasteiger partial charge is 0.417 e. The number of benzene rings is 1. The van der Waals surface area contributed by atoms with Crippen LogP contribution in [0, 0.1) is 12.3 Å². The van der Waals surface area contributed by atoms with Crippen LogP contribution >= 0.6 is 0 Å². The summed E-state index contributed by atoms with van der Waals surface area (Å²) in [7, 11) is 0. The summed E-state index contributed by atoms with van der Waals surface area (Å²) < 4.78 is 45.3. The fraction of sp³-hybridized carbons (Fsp3) is 0.308. The standard InChI is InChI=1S/C26H27F3N4O5/c1-3-5-14-23(35)33(21(25(37)38-4-2)12-8-9-13-22(30)34)32-24(36)20-16-15-19(31-20)17-10-6-7-11-18(17)26(27,28)29/h1,6-7,10-12,15-16,31H,4-5,8-9,13-14H2,2H3,(H2,30,34)(H,32,36)/b21-12-. The van der Waals surface area contributed by atoms with E-state index >= 15 is 0 Å². The Bertz CT molecular complexity index is 1240. The quantitative estimate of drug-likeness (QED) is 0.133. The molecule has 2 aromatic rings. The Morgan fingerprint density at radius 1 is 1.16 bits per heavy atom. The molecule has 2 rings (SSSR count). The molecule has 202 valence electrons. The van der Waals surface area contributed by atoms with Crippen LogP contribution in [0.2, 0.25) is 0 Å². The van der Waals surface area contributed by atoms with Crippen LogP contribution in [-0.4, -0.2) is 40.3 Å². The number of unbranched alkanes of at least 4 members (excludes halogenated alkanes) is 1. The molecule has 0 aliphatic heterocycles. The molecule has 0 aliphatic carbocycles. The van der Waals surface area contributed by atoms with Gasteiger partial charge in [0.15, 0.2) is 0 Å². The van der Waals surface area contributed by atoms with Crippen LogP contribution < -0.4 is 11.2 Å². The zero-order valence-electron chi connectivity index (χ0n) is 20.6. The van der Waals surface area contributed by atoms with Gasteiger partial charge in [0.05, 0.1) is 12.2 Å². The Hall–Kier alpha value is -4.53. The zero-order valence-corrected chi connectivity index (χ0v) is 20.6. The lowest BCUT2D eigenvalue weighted by Gasteiger charge is -2.24. The van der Waals surface area contributed by atoms with Crippen LogP contribution in [0.4, 0.5) is 13.2 Å². The van der Waals surface area contributed by atoms with Gasteiger partial charge in [0, 0.05) is 30.5 Å². The number of primary amides is 1. The molecule has 0 fully saturated rings. The molecule has 0 aliphatic rings. The Balaban J connectivity index is 2.39. The van der Waals surface area contributed by atoms with Gasteiger partial charge in [-0.05, 0) is 38.0 Å². The SMILES string of the molecule is C#CCCC(=O)N(NC(=O)c1ccc(-c2ccccc2C(F)(F)F)[nH]1)/C(=C\CCCC(N)=O)C(=O)OCC. The maximum absolute atomic E-state index is 13.4. The third-order valence-corrected chi connectivity index (χ3v) is 5.09. The molecule has 12 heteroatoms. The number of aromatic nitrogens is 1. The highest BCUT2D eigenvalue weighted by Crippen LogP contribution is 2.36. The Morgan fingerprint density at radius 2 is 1.87 bits per heavy atom. The lowest BCUT2D eigenvalue weighted by molar-refractivity contribution is -0.145. The molecule has 0 unspecified atom stereocenters. The minimum absolute atomic E-state index is 0.00383. The Kier molecular flexibility index (Phi) is 10.7. The summed E-state index contributed by atoms with van der Waals surface area (Å²) >= 11 is 0. The Morgan fingerprint density at radius 3 is 2.50 bits per heavy atom. The predicted molar refractivity (Wildman–Crippen MR) is 131 cm³/mol. The van der Waals surface area contributed by atoms with Crippen LogP contribution in [0.5, 0.6) is 0 Å². The number of hydrogen-bond acceptors (Lipinski definition) is 5. The number of hydrazine groups is 1. The number of terminal acetylenes is 1. The number of alkyl halides is 3. The maximum Gasteiger partial charge on any atom is 0.417 e. The molecule has 3 amide bonds. The summed E-state index contributed by atoms with van der Waals surface area (Å²) in [5.74, 6) is -0.839. The van der Waals surface area contributed by atoms with Crippen molar-refractivity contribution in [3.05, 3.63) is 59.4 Å². The number of nitrogens with one attached hydrogen (secondary N) is 2. The second-order valence-corrected chi connectivity index (χ2v) is 7.87. The van der Waals surface area contributed by atoms with E-state index in [-0.39, 0.29) is 61.4 Å². The molecule has 0 spiro atoms. The zero-order chi connectivity index (χ0) is 28.3. The molecule has 0 saturated carbocycles. The number of H-pyrrole nitrogens is 1. The van der Waals surface area contributed by atoms with Crippen molar-refractivity contribution in [2.75, 3.05) is 6.61 Å². The lowest BCUT2D eigenvalue weighted by atomic mass is 10.0. The van der Waals surface area contributed by atoms with Gasteiger partial charge in [-0.15, -0.1) is 12.3 Å². The van der Waals surface area contributed by atoms with Gasteiger partial charge in [-0.25, -0.2) is 9.80 Å². The van der Waals surface area contributed by atoms with E-state index in [4.69, 9.17) is 16.9 Å². The van der Waals surface area contributed by atoms with E-state index < -0.39 is 35.4 Å². The third kappa shape index (κ3) is 8.26. The summed E-state index contributed by atoms with van der Waals surface area (Å²) in [6.45, 7) is 1.52.